The van der Waals surface area contributed by atoms with Crippen LogP contribution in [0.2, 0.25) is 0 Å². The summed E-state index contributed by atoms with van der Waals surface area (Å²) in [5.41, 5.74) is 5.49. The van der Waals surface area contributed by atoms with E-state index in [9.17, 15) is 18.0 Å². The van der Waals surface area contributed by atoms with Crippen molar-refractivity contribution in [3.63, 3.8) is 0 Å². The summed E-state index contributed by atoms with van der Waals surface area (Å²) in [6, 6.07) is 8.78. The Balaban J connectivity index is 1.97. The molecule has 2 heterocycles. The molecule has 1 amide bonds. The number of aromatic carboxylic acids is 1. The second-order valence-electron chi connectivity index (χ2n) is 5.19. The van der Waals surface area contributed by atoms with Gasteiger partial charge in [0.1, 0.15) is 16.3 Å². The van der Waals surface area contributed by atoms with Crippen LogP contribution >= 0.6 is 0 Å². The zero-order valence-electron chi connectivity index (χ0n) is 13.1. The second kappa shape index (κ2) is 6.37. The smallest absolute Gasteiger partial charge is 0.352 e. The normalized spacial score (nSPS) is 11.2. The molecule has 0 unspecified atom stereocenters. The monoisotopic (exact) mass is 375 g/mol. The number of aromatic nitrogens is 3. The number of para-hydroxylation sites is 2. The molecule has 5 N–H and O–H groups in total. The molecule has 3 rings (SSSR count). The molecular weight excluding hydrogens is 362 g/mol. The van der Waals surface area contributed by atoms with Gasteiger partial charge in [-0.1, -0.05) is 12.1 Å². The number of benzene rings is 1. The number of rotatable bonds is 6. The molecule has 1 aromatic carbocycles. The SMILES string of the molecule is NC(=O)c1ccn(-c2ccccc2NS(=O)(=O)c2c[nH]c(C(=O)O)c2)n1. The predicted octanol–water partition coefficient (Wildman–Crippen LogP) is 0.798. The van der Waals surface area contributed by atoms with E-state index in [0.29, 0.717) is 5.69 Å². The van der Waals surface area contributed by atoms with E-state index in [-0.39, 0.29) is 22.0 Å². The van der Waals surface area contributed by atoms with Crippen LogP contribution in [0.25, 0.3) is 5.69 Å². The van der Waals surface area contributed by atoms with Crippen LogP contribution in [-0.2, 0) is 10.0 Å². The summed E-state index contributed by atoms with van der Waals surface area (Å²) in [5, 5.41) is 12.9. The standard InChI is InChI=1S/C15H13N5O5S/c16-14(21)11-5-6-20(18-11)13-4-2-1-3-10(13)19-26(24,25)9-7-12(15(22)23)17-8-9/h1-8,17,19H,(H2,16,21)(H,22,23). The Morgan fingerprint density at radius 1 is 1.23 bits per heavy atom. The number of primary amides is 1. The van der Waals surface area contributed by atoms with Crippen molar-refractivity contribution in [2.24, 2.45) is 5.73 Å². The molecule has 134 valence electrons. The number of H-pyrrole nitrogens is 1. The molecule has 0 radical (unpaired) electrons. The summed E-state index contributed by atoms with van der Waals surface area (Å²) < 4.78 is 28.7. The number of hydrogen-bond donors (Lipinski definition) is 4. The van der Waals surface area contributed by atoms with E-state index in [1.807, 2.05) is 0 Å². The first-order valence-electron chi connectivity index (χ1n) is 7.17. The average Bonchev–Trinajstić information content (AvgIpc) is 3.25. The molecule has 0 aliphatic heterocycles. The van der Waals surface area contributed by atoms with Crippen LogP contribution in [-0.4, -0.2) is 40.2 Å². The number of aromatic amines is 1. The van der Waals surface area contributed by atoms with Gasteiger partial charge in [0.25, 0.3) is 15.9 Å². The number of carboxylic acids is 1. The third-order valence-corrected chi connectivity index (χ3v) is 4.78. The van der Waals surface area contributed by atoms with E-state index < -0.39 is 21.9 Å². The summed E-state index contributed by atoms with van der Waals surface area (Å²) >= 11 is 0. The van der Waals surface area contributed by atoms with E-state index in [4.69, 9.17) is 10.8 Å². The number of carboxylic acid groups (broad SMARTS) is 1. The predicted molar refractivity (Wildman–Crippen MR) is 90.6 cm³/mol. The van der Waals surface area contributed by atoms with Crippen molar-refractivity contribution >= 4 is 27.6 Å². The maximum Gasteiger partial charge on any atom is 0.352 e. The minimum absolute atomic E-state index is 0.0272. The molecule has 10 nitrogen and oxygen atoms in total. The topological polar surface area (TPSA) is 160 Å². The van der Waals surface area contributed by atoms with Crippen molar-refractivity contribution in [3.8, 4) is 5.69 Å². The number of carbonyl (C=O) groups excluding carboxylic acids is 1. The lowest BCUT2D eigenvalue weighted by molar-refractivity contribution is 0.0691. The van der Waals surface area contributed by atoms with Crippen molar-refractivity contribution in [3.05, 3.63) is 60.2 Å². The van der Waals surface area contributed by atoms with Gasteiger partial charge in [-0.05, 0) is 24.3 Å². The number of nitrogens with two attached hydrogens (primary N) is 1. The Kier molecular flexibility index (Phi) is 4.22. The molecule has 0 saturated heterocycles. The molecule has 0 aliphatic carbocycles. The van der Waals surface area contributed by atoms with Gasteiger partial charge >= 0.3 is 5.97 Å². The van der Waals surface area contributed by atoms with Crippen LogP contribution in [0.4, 0.5) is 5.69 Å². The molecule has 0 fully saturated rings. The summed E-state index contributed by atoms with van der Waals surface area (Å²) in [5.74, 6) is -1.99. The highest BCUT2D eigenvalue weighted by Gasteiger charge is 2.20. The van der Waals surface area contributed by atoms with Crippen LogP contribution in [0.1, 0.15) is 21.0 Å². The van der Waals surface area contributed by atoms with Crippen molar-refractivity contribution in [2.75, 3.05) is 4.72 Å². The summed E-state index contributed by atoms with van der Waals surface area (Å²) in [6.45, 7) is 0. The van der Waals surface area contributed by atoms with Crippen LogP contribution in [0.15, 0.2) is 53.7 Å². The number of carbonyl (C=O) groups is 2. The highest BCUT2D eigenvalue weighted by molar-refractivity contribution is 7.92. The van der Waals surface area contributed by atoms with Crippen molar-refractivity contribution in [2.45, 2.75) is 4.90 Å². The Hall–Kier alpha value is -3.60. The van der Waals surface area contributed by atoms with Gasteiger partial charge in [0.2, 0.25) is 0 Å². The number of anilines is 1. The Morgan fingerprint density at radius 3 is 2.58 bits per heavy atom. The number of nitrogens with zero attached hydrogens (tertiary/aromatic N) is 2. The average molecular weight is 375 g/mol. The maximum atomic E-state index is 12.5. The molecule has 0 saturated carbocycles. The van der Waals surface area contributed by atoms with E-state index in [0.717, 1.165) is 12.3 Å². The maximum absolute atomic E-state index is 12.5. The van der Waals surface area contributed by atoms with Gasteiger partial charge in [0.15, 0.2) is 0 Å². The lowest BCUT2D eigenvalue weighted by Crippen LogP contribution is -2.15. The van der Waals surface area contributed by atoms with Gasteiger partial charge in [0, 0.05) is 12.4 Å². The zero-order chi connectivity index (χ0) is 18.9. The van der Waals surface area contributed by atoms with Gasteiger partial charge in [0.05, 0.1) is 11.4 Å². The first-order chi connectivity index (χ1) is 12.3. The van der Waals surface area contributed by atoms with Gasteiger partial charge in [-0.25, -0.2) is 17.9 Å². The molecule has 0 aliphatic rings. The number of nitrogens with one attached hydrogen (secondary N) is 2. The van der Waals surface area contributed by atoms with E-state index in [1.165, 1.54) is 23.0 Å². The molecule has 0 atom stereocenters. The third-order valence-electron chi connectivity index (χ3n) is 3.43. The fourth-order valence-electron chi connectivity index (χ4n) is 2.21. The quantitative estimate of drug-likeness (QED) is 0.498. The van der Waals surface area contributed by atoms with E-state index in [1.54, 1.807) is 18.2 Å². The van der Waals surface area contributed by atoms with Crippen molar-refractivity contribution in [1.29, 1.82) is 0 Å². The summed E-state index contributed by atoms with van der Waals surface area (Å²) in [6.07, 6.45) is 2.54. The van der Waals surface area contributed by atoms with E-state index in [2.05, 4.69) is 14.8 Å². The van der Waals surface area contributed by atoms with Gasteiger partial charge in [-0.2, -0.15) is 5.10 Å². The zero-order valence-corrected chi connectivity index (χ0v) is 13.9. The second-order valence-corrected chi connectivity index (χ2v) is 6.87. The van der Waals surface area contributed by atoms with Crippen molar-refractivity contribution in [1.82, 2.24) is 14.8 Å². The lowest BCUT2D eigenvalue weighted by atomic mass is 10.3. The molecule has 0 bridgehead atoms. The molecule has 26 heavy (non-hydrogen) atoms. The molecular formula is C15H13N5O5S. The van der Waals surface area contributed by atoms with Crippen LogP contribution < -0.4 is 10.5 Å². The highest BCUT2D eigenvalue weighted by atomic mass is 32.2. The third kappa shape index (κ3) is 3.28. The van der Waals surface area contributed by atoms with Crippen LogP contribution in [0, 0.1) is 0 Å². The van der Waals surface area contributed by atoms with Gasteiger partial charge in [-0.15, -0.1) is 0 Å². The van der Waals surface area contributed by atoms with Gasteiger partial charge in [-0.3, -0.25) is 9.52 Å². The summed E-state index contributed by atoms with van der Waals surface area (Å²) in [7, 11) is -4.04. The fraction of sp³-hybridized carbons (Fsp3) is 0. The Bertz CT molecular complexity index is 1100. The minimum Gasteiger partial charge on any atom is -0.477 e. The largest absolute Gasteiger partial charge is 0.477 e. The fourth-order valence-corrected chi connectivity index (χ4v) is 3.27. The highest BCUT2D eigenvalue weighted by Crippen LogP contribution is 2.23. The first kappa shape index (κ1) is 17.2. The molecule has 3 aromatic rings. The van der Waals surface area contributed by atoms with Crippen LogP contribution in [0.3, 0.4) is 0 Å². The van der Waals surface area contributed by atoms with Crippen LogP contribution in [0.5, 0.6) is 0 Å². The molecule has 2 aromatic heterocycles. The summed E-state index contributed by atoms with van der Waals surface area (Å²) in [4.78, 5) is 24.2. The molecule has 11 heteroatoms. The molecule has 0 spiro atoms. The lowest BCUT2D eigenvalue weighted by Gasteiger charge is -2.11. The first-order valence-corrected chi connectivity index (χ1v) is 8.65. The number of hydrogen-bond acceptors (Lipinski definition) is 5. The van der Waals surface area contributed by atoms with E-state index >= 15 is 0 Å². The Labute approximate surface area is 147 Å². The van der Waals surface area contributed by atoms with Gasteiger partial charge < -0.3 is 15.8 Å². The Morgan fingerprint density at radius 2 is 1.96 bits per heavy atom. The number of sulfonamides is 1. The number of amides is 1. The van der Waals surface area contributed by atoms with Crippen molar-refractivity contribution < 1.29 is 23.1 Å². The minimum atomic E-state index is -4.04.